The number of aryl methyl sites for hydroxylation is 1. The Bertz CT molecular complexity index is 1100. The number of amidine groups is 1. The van der Waals surface area contributed by atoms with Gasteiger partial charge in [0.15, 0.2) is 0 Å². The van der Waals surface area contributed by atoms with Gasteiger partial charge in [0.05, 0.1) is 23.4 Å². The van der Waals surface area contributed by atoms with Crippen molar-refractivity contribution in [2.75, 3.05) is 0 Å². The monoisotopic (exact) mass is 486 g/mol. The zero-order valence-corrected chi connectivity index (χ0v) is 22.5. The first-order chi connectivity index (χ1) is 17.0. The third-order valence-electron chi connectivity index (χ3n) is 5.84. The topological polar surface area (TPSA) is 101 Å². The van der Waals surface area contributed by atoms with Crippen molar-refractivity contribution in [1.29, 1.82) is 5.26 Å². The molecule has 1 heterocycles. The minimum Gasteiger partial charge on any atom is -0.475 e. The fraction of sp³-hybridized carbons (Fsp3) is 0.517. The van der Waals surface area contributed by atoms with E-state index in [0.29, 0.717) is 28.7 Å². The molecule has 1 aliphatic rings. The molecule has 0 spiro atoms. The van der Waals surface area contributed by atoms with Gasteiger partial charge in [-0.25, -0.2) is 4.98 Å². The van der Waals surface area contributed by atoms with Crippen molar-refractivity contribution < 1.29 is 9.53 Å². The van der Waals surface area contributed by atoms with Crippen LogP contribution in [-0.2, 0) is 4.79 Å². The average Bonchev–Trinajstić information content (AvgIpc) is 3.64. The number of hydrogen-bond acceptors (Lipinski definition) is 4. The third-order valence-corrected chi connectivity index (χ3v) is 5.84. The minimum atomic E-state index is -0.109. The Kier molecular flexibility index (Phi) is 11.2. The first-order valence-electron chi connectivity index (χ1n) is 12.9. The molecule has 1 aliphatic carbocycles. The average molecular weight is 486 g/mol. The predicted molar refractivity (Wildman–Crippen MR) is 147 cm³/mol. The van der Waals surface area contributed by atoms with Gasteiger partial charge in [-0.05, 0) is 70.1 Å². The largest absolute Gasteiger partial charge is 0.475 e. The number of carbonyl (C=O) groups is 1. The number of amides is 1. The maximum absolute atomic E-state index is 12.6. The number of nitrogens with two attached hydrogens (primary N) is 1. The van der Waals surface area contributed by atoms with E-state index >= 15 is 0 Å². The van der Waals surface area contributed by atoms with Crippen molar-refractivity contribution in [1.82, 2.24) is 4.98 Å². The van der Waals surface area contributed by atoms with E-state index in [1.807, 2.05) is 32.9 Å². The van der Waals surface area contributed by atoms with Gasteiger partial charge in [-0.15, -0.1) is 0 Å². The van der Waals surface area contributed by atoms with Gasteiger partial charge < -0.3 is 10.5 Å². The molecule has 2 N–H and O–H groups in total. The van der Waals surface area contributed by atoms with Crippen LogP contribution in [0.2, 0.25) is 0 Å². The molecule has 2 aromatic rings. The van der Waals surface area contributed by atoms with E-state index in [0.717, 1.165) is 48.9 Å². The molecule has 0 aliphatic heterocycles. The summed E-state index contributed by atoms with van der Waals surface area (Å²) in [5.41, 5.74) is 10.2. The Balaban J connectivity index is 0.000000380. The number of benzene rings is 1. The van der Waals surface area contributed by atoms with Gasteiger partial charge in [0.1, 0.15) is 13.7 Å². The Hall–Kier alpha value is -3.14. The molecule has 6 nitrogen and oxygen atoms in total. The fourth-order valence-electron chi connectivity index (χ4n) is 3.99. The van der Waals surface area contributed by atoms with Crippen LogP contribution < -0.4 is 15.9 Å². The fourth-order valence-corrected chi connectivity index (χ4v) is 3.99. The normalized spacial score (nSPS) is 14.1. The van der Waals surface area contributed by atoms with E-state index in [9.17, 15) is 4.79 Å². The van der Waals surface area contributed by atoms with E-state index in [2.05, 4.69) is 36.8 Å². The molecule has 0 saturated heterocycles. The number of rotatable bonds is 9. The summed E-state index contributed by atoms with van der Waals surface area (Å²) in [5, 5.41) is 8.52. The third kappa shape index (κ3) is 9.15. The standard InChI is InChI=1S/C21H33N3O2.C8H6BN/c1-6-7-16(12-13(2)3)21(25)24-20(22)17-10-11-18(26-14(4)5)23-19(17)15-8-9-15;1-6-4-8(9)3-2-7(6)5-10/h10-11,13-16H,6-9,12H2,1-5H3,(H2,22,24,25);2-4H,1H3. The van der Waals surface area contributed by atoms with Gasteiger partial charge in [-0.2, -0.15) is 10.3 Å². The van der Waals surface area contributed by atoms with Crippen LogP contribution in [0.1, 0.15) is 95.0 Å². The van der Waals surface area contributed by atoms with Crippen LogP contribution in [0.5, 0.6) is 5.88 Å². The van der Waals surface area contributed by atoms with Crippen LogP contribution in [0.4, 0.5) is 0 Å². The summed E-state index contributed by atoms with van der Waals surface area (Å²) < 4.78 is 5.70. The summed E-state index contributed by atoms with van der Waals surface area (Å²) >= 11 is 0. The first-order valence-corrected chi connectivity index (χ1v) is 12.9. The molecule has 1 saturated carbocycles. The number of nitriles is 1. The summed E-state index contributed by atoms with van der Waals surface area (Å²) in [6.07, 6.45) is 4.92. The second-order valence-electron chi connectivity index (χ2n) is 10.2. The summed E-state index contributed by atoms with van der Waals surface area (Å²) in [6.45, 7) is 12.2. The van der Waals surface area contributed by atoms with Gasteiger partial charge in [0, 0.05) is 23.5 Å². The van der Waals surface area contributed by atoms with Crippen LogP contribution in [0.3, 0.4) is 0 Å². The van der Waals surface area contributed by atoms with Gasteiger partial charge in [-0.1, -0.05) is 44.8 Å². The molecule has 36 heavy (non-hydrogen) atoms. The van der Waals surface area contributed by atoms with Crippen molar-refractivity contribution >= 4 is 25.1 Å². The quantitative estimate of drug-likeness (QED) is 0.302. The molecule has 7 heteroatoms. The van der Waals surface area contributed by atoms with E-state index in [1.54, 1.807) is 18.2 Å². The van der Waals surface area contributed by atoms with E-state index < -0.39 is 0 Å². The molecular formula is C29H39BN4O2. The van der Waals surface area contributed by atoms with Crippen LogP contribution in [0.15, 0.2) is 35.3 Å². The van der Waals surface area contributed by atoms with Crippen molar-refractivity contribution in [3.63, 3.8) is 0 Å². The summed E-state index contributed by atoms with van der Waals surface area (Å²) in [6, 6.07) is 11.0. The molecule has 1 unspecified atom stereocenters. The lowest BCUT2D eigenvalue weighted by molar-refractivity contribution is -0.122. The van der Waals surface area contributed by atoms with E-state index in [1.165, 1.54) is 0 Å². The Morgan fingerprint density at radius 3 is 2.47 bits per heavy atom. The van der Waals surface area contributed by atoms with Gasteiger partial charge in [-0.3, -0.25) is 4.79 Å². The zero-order chi connectivity index (χ0) is 26.8. The van der Waals surface area contributed by atoms with Crippen molar-refractivity contribution in [2.45, 2.75) is 85.7 Å². The molecule has 190 valence electrons. The van der Waals surface area contributed by atoms with Crippen molar-refractivity contribution in [2.24, 2.45) is 22.6 Å². The molecule has 1 fully saturated rings. The smallest absolute Gasteiger partial charge is 0.250 e. The minimum absolute atomic E-state index is 0.0561. The Labute approximate surface area is 217 Å². The number of aliphatic imine (C=N–C) groups is 1. The van der Waals surface area contributed by atoms with Crippen molar-refractivity contribution in [3.05, 3.63) is 52.7 Å². The molecule has 1 aromatic carbocycles. The summed E-state index contributed by atoms with van der Waals surface area (Å²) in [7, 11) is 5.47. The van der Waals surface area contributed by atoms with Gasteiger partial charge in [0.2, 0.25) is 5.88 Å². The second-order valence-corrected chi connectivity index (χ2v) is 10.2. The highest BCUT2D eigenvalue weighted by Crippen LogP contribution is 2.41. The van der Waals surface area contributed by atoms with Gasteiger partial charge >= 0.3 is 0 Å². The van der Waals surface area contributed by atoms with Crippen LogP contribution in [0, 0.1) is 30.1 Å². The Morgan fingerprint density at radius 1 is 1.25 bits per heavy atom. The highest BCUT2D eigenvalue weighted by molar-refractivity contribution is 6.32. The maximum atomic E-state index is 12.6. The van der Waals surface area contributed by atoms with E-state index in [4.69, 9.17) is 23.6 Å². The number of ether oxygens (including phenoxy) is 1. The molecule has 0 bridgehead atoms. The molecule has 3 rings (SSSR count). The van der Waals surface area contributed by atoms with E-state index in [-0.39, 0.29) is 23.8 Å². The SMILES string of the molecule is CCCC(CC(C)C)C(=O)N=C(N)c1ccc(OC(C)C)nc1C1CC1.[B]c1ccc(C#N)c(C)c1. The lowest BCUT2D eigenvalue weighted by Crippen LogP contribution is -2.22. The number of carbonyl (C=O) groups excluding carboxylic acids is 1. The molecule has 1 amide bonds. The zero-order valence-electron chi connectivity index (χ0n) is 22.5. The number of nitrogens with zero attached hydrogens (tertiary/aromatic N) is 3. The lowest BCUT2D eigenvalue weighted by atomic mass is 9.92. The summed E-state index contributed by atoms with van der Waals surface area (Å²) in [4.78, 5) is 21.5. The number of hydrogen-bond donors (Lipinski definition) is 1. The van der Waals surface area contributed by atoms with Gasteiger partial charge in [0.25, 0.3) is 5.91 Å². The highest BCUT2D eigenvalue weighted by atomic mass is 16.5. The lowest BCUT2D eigenvalue weighted by Gasteiger charge is -2.16. The molecule has 1 aromatic heterocycles. The molecule has 2 radical (unpaired) electrons. The van der Waals surface area contributed by atoms with Crippen LogP contribution in [0.25, 0.3) is 0 Å². The first kappa shape index (κ1) is 29.1. The second kappa shape index (κ2) is 13.8. The number of aromatic nitrogens is 1. The molecular weight excluding hydrogens is 447 g/mol. The molecule has 1 atom stereocenters. The summed E-state index contributed by atoms with van der Waals surface area (Å²) in [5.74, 6) is 1.58. The predicted octanol–water partition coefficient (Wildman–Crippen LogP) is 5.10. The Morgan fingerprint density at radius 2 is 1.94 bits per heavy atom. The number of pyridine rings is 1. The highest BCUT2D eigenvalue weighted by Gasteiger charge is 2.30. The maximum Gasteiger partial charge on any atom is 0.250 e. The van der Waals surface area contributed by atoms with Crippen LogP contribution in [-0.4, -0.2) is 30.7 Å². The van der Waals surface area contributed by atoms with Crippen LogP contribution >= 0.6 is 0 Å². The van der Waals surface area contributed by atoms with Crippen molar-refractivity contribution in [3.8, 4) is 11.9 Å².